The molecule has 2 aliphatic rings. The van der Waals surface area contributed by atoms with Gasteiger partial charge in [-0.25, -0.2) is 0 Å². The molecule has 3 rings (SSSR count). The van der Waals surface area contributed by atoms with Gasteiger partial charge in [0, 0.05) is 18.4 Å². The van der Waals surface area contributed by atoms with Crippen LogP contribution in [0.15, 0.2) is 18.2 Å². The largest absolute Gasteiger partial charge is 0.493 e. The topological polar surface area (TPSA) is 65.0 Å². The third-order valence-corrected chi connectivity index (χ3v) is 5.03. The third-order valence-electron chi connectivity index (χ3n) is 5.03. The maximum Gasteiger partial charge on any atom is 0.314 e. The van der Waals surface area contributed by atoms with Crippen molar-refractivity contribution < 1.29 is 24.1 Å². The van der Waals surface area contributed by atoms with E-state index in [1.165, 1.54) is 0 Å². The summed E-state index contributed by atoms with van der Waals surface area (Å²) < 4.78 is 17.0. The Kier molecular flexibility index (Phi) is 4.76. The van der Waals surface area contributed by atoms with Gasteiger partial charge in [0.05, 0.1) is 25.7 Å². The number of carbonyl (C=O) groups is 1. The van der Waals surface area contributed by atoms with Crippen LogP contribution in [0.25, 0.3) is 0 Å². The molecule has 1 aliphatic heterocycles. The number of para-hydroxylation sites is 1. The molecule has 5 heteroatoms. The average Bonchev–Trinajstić information content (AvgIpc) is 3.06. The van der Waals surface area contributed by atoms with Crippen molar-refractivity contribution in [2.75, 3.05) is 20.3 Å². The highest BCUT2D eigenvalue weighted by Crippen LogP contribution is 2.48. The molecular weight excluding hydrogens is 296 g/mol. The first-order chi connectivity index (χ1) is 11.2. The number of methoxy groups -OCH3 is 1. The summed E-state index contributed by atoms with van der Waals surface area (Å²) in [5.74, 6) is 0.448. The Hall–Kier alpha value is -1.75. The van der Waals surface area contributed by atoms with Crippen LogP contribution >= 0.6 is 0 Å². The van der Waals surface area contributed by atoms with E-state index >= 15 is 0 Å². The number of hydrogen-bond acceptors (Lipinski definition) is 4. The molecule has 0 unspecified atom stereocenters. The van der Waals surface area contributed by atoms with Crippen LogP contribution in [0.4, 0.5) is 0 Å². The highest BCUT2D eigenvalue weighted by atomic mass is 16.5. The van der Waals surface area contributed by atoms with Crippen LogP contribution < -0.4 is 9.47 Å². The maximum atomic E-state index is 12.0. The lowest BCUT2D eigenvalue weighted by molar-refractivity contribution is -0.143. The van der Waals surface area contributed by atoms with Gasteiger partial charge in [-0.3, -0.25) is 4.79 Å². The lowest BCUT2D eigenvalue weighted by Gasteiger charge is -2.29. The summed E-state index contributed by atoms with van der Waals surface area (Å²) in [6.07, 6.45) is 4.95. The van der Waals surface area contributed by atoms with Crippen molar-refractivity contribution in [2.45, 2.75) is 50.0 Å². The molecule has 2 fully saturated rings. The predicted molar refractivity (Wildman–Crippen MR) is 85.2 cm³/mol. The van der Waals surface area contributed by atoms with Gasteiger partial charge in [-0.2, -0.15) is 0 Å². The minimum absolute atomic E-state index is 0.0947. The van der Waals surface area contributed by atoms with Crippen LogP contribution in [0.5, 0.6) is 11.5 Å². The Bertz CT molecular complexity index is 557. The monoisotopic (exact) mass is 320 g/mol. The normalized spacial score (nSPS) is 21.1. The van der Waals surface area contributed by atoms with Gasteiger partial charge in [0.15, 0.2) is 11.5 Å². The molecule has 1 aromatic rings. The van der Waals surface area contributed by atoms with E-state index in [2.05, 4.69) is 0 Å². The number of aliphatic carboxylic acids is 1. The molecule has 0 aromatic heterocycles. The molecule has 1 N–H and O–H groups in total. The fourth-order valence-electron chi connectivity index (χ4n) is 3.75. The van der Waals surface area contributed by atoms with Crippen molar-refractivity contribution in [1.82, 2.24) is 0 Å². The molecule has 1 aliphatic carbocycles. The van der Waals surface area contributed by atoms with Crippen molar-refractivity contribution >= 4 is 5.97 Å². The van der Waals surface area contributed by atoms with Crippen molar-refractivity contribution in [3.8, 4) is 11.5 Å². The van der Waals surface area contributed by atoms with Crippen LogP contribution in [0.2, 0.25) is 0 Å². The smallest absolute Gasteiger partial charge is 0.314 e. The Morgan fingerprint density at radius 3 is 2.57 bits per heavy atom. The van der Waals surface area contributed by atoms with E-state index in [0.29, 0.717) is 37.6 Å². The van der Waals surface area contributed by atoms with Gasteiger partial charge in [0.2, 0.25) is 0 Å². The average molecular weight is 320 g/mol. The van der Waals surface area contributed by atoms with Crippen LogP contribution in [-0.4, -0.2) is 37.5 Å². The van der Waals surface area contributed by atoms with Crippen molar-refractivity contribution in [3.05, 3.63) is 23.8 Å². The molecule has 0 bridgehead atoms. The second-order valence-electron chi connectivity index (χ2n) is 6.36. The Balaban J connectivity index is 1.94. The predicted octanol–water partition coefficient (Wildman–Crippen LogP) is 3.15. The molecule has 0 spiro atoms. The molecule has 0 radical (unpaired) electrons. The number of ether oxygens (including phenoxy) is 3. The molecule has 1 heterocycles. The van der Waals surface area contributed by atoms with Gasteiger partial charge in [-0.15, -0.1) is 0 Å². The minimum Gasteiger partial charge on any atom is -0.493 e. The van der Waals surface area contributed by atoms with Crippen LogP contribution in [0.3, 0.4) is 0 Å². The summed E-state index contributed by atoms with van der Waals surface area (Å²) in [6, 6.07) is 5.60. The second-order valence-corrected chi connectivity index (χ2v) is 6.36. The Morgan fingerprint density at radius 2 is 1.96 bits per heavy atom. The third kappa shape index (κ3) is 3.02. The summed E-state index contributed by atoms with van der Waals surface area (Å²) in [7, 11) is 1.58. The maximum absolute atomic E-state index is 12.0. The standard InChI is InChI=1S/C18H24O5/c1-21-16-14(18(17(19)20)9-2-3-10-18)5-4-6-15(16)23-13-7-11-22-12-8-13/h4-6,13H,2-3,7-12H2,1H3,(H,19,20). The molecule has 1 saturated heterocycles. The zero-order valence-corrected chi connectivity index (χ0v) is 13.5. The van der Waals surface area contributed by atoms with Crippen molar-refractivity contribution in [1.29, 1.82) is 0 Å². The van der Waals surface area contributed by atoms with Gasteiger partial charge in [-0.1, -0.05) is 25.0 Å². The van der Waals surface area contributed by atoms with Gasteiger partial charge >= 0.3 is 5.97 Å². The number of hydrogen-bond donors (Lipinski definition) is 1. The summed E-state index contributed by atoms with van der Waals surface area (Å²) in [6.45, 7) is 1.40. The van der Waals surface area contributed by atoms with Gasteiger partial charge in [0.1, 0.15) is 6.10 Å². The van der Waals surface area contributed by atoms with Crippen molar-refractivity contribution in [3.63, 3.8) is 0 Å². The Labute approximate surface area is 136 Å². The van der Waals surface area contributed by atoms with E-state index in [4.69, 9.17) is 14.2 Å². The van der Waals surface area contributed by atoms with E-state index < -0.39 is 11.4 Å². The zero-order valence-electron chi connectivity index (χ0n) is 13.5. The molecular formula is C18H24O5. The van der Waals surface area contributed by atoms with Gasteiger partial charge in [-0.05, 0) is 18.9 Å². The molecule has 23 heavy (non-hydrogen) atoms. The lowest BCUT2D eigenvalue weighted by Crippen LogP contribution is -2.33. The Morgan fingerprint density at radius 1 is 1.26 bits per heavy atom. The number of rotatable bonds is 5. The van der Waals surface area contributed by atoms with Crippen molar-refractivity contribution in [2.24, 2.45) is 0 Å². The quantitative estimate of drug-likeness (QED) is 0.903. The first-order valence-corrected chi connectivity index (χ1v) is 8.32. The number of carboxylic acid groups (broad SMARTS) is 1. The summed E-state index contributed by atoms with van der Waals surface area (Å²) in [5, 5.41) is 9.84. The first kappa shape index (κ1) is 16.1. The van der Waals surface area contributed by atoms with E-state index in [1.54, 1.807) is 7.11 Å². The fraction of sp³-hybridized carbons (Fsp3) is 0.611. The SMILES string of the molecule is COc1c(OC2CCOCC2)cccc1C1(C(=O)O)CCCC1. The molecule has 0 amide bonds. The highest BCUT2D eigenvalue weighted by molar-refractivity contribution is 5.83. The van der Waals surface area contributed by atoms with Crippen LogP contribution in [0.1, 0.15) is 44.1 Å². The zero-order chi connectivity index (χ0) is 16.3. The summed E-state index contributed by atoms with van der Waals surface area (Å²) >= 11 is 0. The molecule has 126 valence electrons. The number of benzene rings is 1. The summed E-state index contributed by atoms with van der Waals surface area (Å²) in [5.41, 5.74) is -0.102. The van der Waals surface area contributed by atoms with E-state index in [0.717, 1.165) is 31.2 Å². The van der Waals surface area contributed by atoms with Gasteiger partial charge in [0.25, 0.3) is 0 Å². The molecule has 1 saturated carbocycles. The summed E-state index contributed by atoms with van der Waals surface area (Å²) in [4.78, 5) is 12.0. The molecule has 1 aromatic carbocycles. The lowest BCUT2D eigenvalue weighted by atomic mass is 9.78. The van der Waals surface area contributed by atoms with Gasteiger partial charge < -0.3 is 19.3 Å². The van der Waals surface area contributed by atoms with Crippen LogP contribution in [-0.2, 0) is 14.9 Å². The highest BCUT2D eigenvalue weighted by Gasteiger charge is 2.45. The molecule has 0 atom stereocenters. The van der Waals surface area contributed by atoms with E-state index in [1.807, 2.05) is 18.2 Å². The number of carboxylic acids is 1. The first-order valence-electron chi connectivity index (χ1n) is 8.32. The minimum atomic E-state index is -0.847. The fourth-order valence-corrected chi connectivity index (χ4v) is 3.75. The van der Waals surface area contributed by atoms with E-state index in [-0.39, 0.29) is 6.10 Å². The van der Waals surface area contributed by atoms with E-state index in [9.17, 15) is 9.90 Å². The van der Waals surface area contributed by atoms with Crippen LogP contribution in [0, 0.1) is 0 Å². The molecule has 5 nitrogen and oxygen atoms in total. The second kappa shape index (κ2) is 6.79.